The number of nitrogens with one attached hydrogen (secondary N) is 1. The molecule has 1 aliphatic carbocycles. The van der Waals surface area contributed by atoms with Crippen LogP contribution in [0.2, 0.25) is 0 Å². The van der Waals surface area contributed by atoms with E-state index in [9.17, 15) is 4.79 Å². The first kappa shape index (κ1) is 12.6. The Labute approximate surface area is 104 Å². The van der Waals surface area contributed by atoms with Gasteiger partial charge in [0.15, 0.2) is 0 Å². The molecule has 0 aromatic rings. The molecule has 96 valence electrons. The van der Waals surface area contributed by atoms with E-state index in [4.69, 9.17) is 0 Å². The Bertz CT molecular complexity index is 282. The third kappa shape index (κ3) is 3.84. The minimum absolute atomic E-state index is 0.312. The first-order valence-electron chi connectivity index (χ1n) is 6.87. The Morgan fingerprint density at radius 3 is 3.00 bits per heavy atom. The summed E-state index contributed by atoms with van der Waals surface area (Å²) < 4.78 is 0. The molecular formula is C14H24N2O. The molecule has 2 atom stereocenters. The first-order valence-corrected chi connectivity index (χ1v) is 6.87. The molecule has 3 nitrogen and oxygen atoms in total. The lowest BCUT2D eigenvalue weighted by atomic mass is 9.98. The van der Waals surface area contributed by atoms with E-state index in [1.807, 2.05) is 11.9 Å². The van der Waals surface area contributed by atoms with Gasteiger partial charge in [0.05, 0.1) is 0 Å². The summed E-state index contributed by atoms with van der Waals surface area (Å²) in [5.41, 5.74) is 0. The fourth-order valence-electron chi connectivity index (χ4n) is 2.81. The topological polar surface area (TPSA) is 32.3 Å². The van der Waals surface area contributed by atoms with Crippen LogP contribution >= 0.6 is 0 Å². The van der Waals surface area contributed by atoms with Crippen molar-refractivity contribution in [3.63, 3.8) is 0 Å². The van der Waals surface area contributed by atoms with Gasteiger partial charge in [-0.2, -0.15) is 0 Å². The molecule has 0 aromatic carbocycles. The molecule has 0 aromatic heterocycles. The lowest BCUT2D eigenvalue weighted by Crippen LogP contribution is -2.39. The van der Waals surface area contributed by atoms with Crippen LogP contribution in [0.3, 0.4) is 0 Å². The van der Waals surface area contributed by atoms with Crippen molar-refractivity contribution in [3.05, 3.63) is 12.2 Å². The number of hydrogen-bond donors (Lipinski definition) is 1. The third-order valence-corrected chi connectivity index (χ3v) is 3.91. The predicted molar refractivity (Wildman–Crippen MR) is 69.7 cm³/mol. The molecule has 0 saturated carbocycles. The molecule has 3 heteroatoms. The molecule has 1 fully saturated rings. The summed E-state index contributed by atoms with van der Waals surface area (Å²) in [6.07, 6.45) is 9.91. The molecule has 1 heterocycles. The van der Waals surface area contributed by atoms with Crippen LogP contribution in [-0.2, 0) is 4.79 Å². The average molecular weight is 236 g/mol. The zero-order valence-electron chi connectivity index (χ0n) is 10.8. The van der Waals surface area contributed by atoms with Crippen molar-refractivity contribution in [2.24, 2.45) is 11.8 Å². The SMILES string of the molecule is CN(CC1CCCNC1)C(=O)CC1C=CCC1. The molecule has 2 rings (SSSR count). The lowest BCUT2D eigenvalue weighted by Gasteiger charge is -2.28. The second kappa shape index (κ2) is 6.20. The van der Waals surface area contributed by atoms with E-state index in [2.05, 4.69) is 17.5 Å². The van der Waals surface area contributed by atoms with Crippen molar-refractivity contribution >= 4 is 5.91 Å². The third-order valence-electron chi connectivity index (χ3n) is 3.91. The van der Waals surface area contributed by atoms with Gasteiger partial charge in [-0.05, 0) is 50.6 Å². The number of allylic oxidation sites excluding steroid dienone is 2. The molecule has 1 N–H and O–H groups in total. The van der Waals surface area contributed by atoms with Crippen molar-refractivity contribution in [2.75, 3.05) is 26.7 Å². The van der Waals surface area contributed by atoms with Crippen LogP contribution < -0.4 is 5.32 Å². The maximum absolute atomic E-state index is 12.0. The fraction of sp³-hybridized carbons (Fsp3) is 0.786. The van der Waals surface area contributed by atoms with E-state index in [-0.39, 0.29) is 0 Å². The highest BCUT2D eigenvalue weighted by atomic mass is 16.2. The molecule has 1 saturated heterocycles. The van der Waals surface area contributed by atoms with Crippen molar-refractivity contribution in [3.8, 4) is 0 Å². The first-order chi connectivity index (χ1) is 8.25. The van der Waals surface area contributed by atoms with Gasteiger partial charge in [0, 0.05) is 20.0 Å². The van der Waals surface area contributed by atoms with Crippen LogP contribution in [0.1, 0.15) is 32.1 Å². The summed E-state index contributed by atoms with van der Waals surface area (Å²) in [6.45, 7) is 3.13. The Kier molecular flexibility index (Phi) is 4.60. The van der Waals surface area contributed by atoms with E-state index in [1.54, 1.807) is 0 Å². The molecule has 0 spiro atoms. The fourth-order valence-corrected chi connectivity index (χ4v) is 2.81. The number of nitrogens with zero attached hydrogens (tertiary/aromatic N) is 1. The van der Waals surface area contributed by atoms with Crippen molar-refractivity contribution < 1.29 is 4.79 Å². The minimum atomic E-state index is 0.312. The van der Waals surface area contributed by atoms with E-state index in [1.165, 1.54) is 12.8 Å². The Morgan fingerprint density at radius 2 is 2.35 bits per heavy atom. The highest BCUT2D eigenvalue weighted by Gasteiger charge is 2.20. The van der Waals surface area contributed by atoms with Gasteiger partial charge in [0.1, 0.15) is 0 Å². The van der Waals surface area contributed by atoms with Crippen molar-refractivity contribution in [2.45, 2.75) is 32.1 Å². The van der Waals surface area contributed by atoms with Gasteiger partial charge in [-0.15, -0.1) is 0 Å². The Hall–Kier alpha value is -0.830. The highest BCUT2D eigenvalue weighted by molar-refractivity contribution is 5.76. The maximum atomic E-state index is 12.0. The van der Waals surface area contributed by atoms with E-state index in [0.717, 1.165) is 32.5 Å². The zero-order chi connectivity index (χ0) is 12.1. The van der Waals surface area contributed by atoms with Gasteiger partial charge < -0.3 is 10.2 Å². The van der Waals surface area contributed by atoms with E-state index >= 15 is 0 Å². The number of piperidine rings is 1. The number of carbonyl (C=O) groups excluding carboxylic acids is 1. The molecule has 2 aliphatic rings. The van der Waals surface area contributed by atoms with Crippen molar-refractivity contribution in [1.82, 2.24) is 10.2 Å². The summed E-state index contributed by atoms with van der Waals surface area (Å²) >= 11 is 0. The normalized spacial score (nSPS) is 28.3. The molecule has 1 aliphatic heterocycles. The molecule has 0 bridgehead atoms. The van der Waals surface area contributed by atoms with Gasteiger partial charge in [-0.3, -0.25) is 4.79 Å². The van der Waals surface area contributed by atoms with Gasteiger partial charge in [-0.25, -0.2) is 0 Å². The van der Waals surface area contributed by atoms with Crippen LogP contribution in [0.4, 0.5) is 0 Å². The van der Waals surface area contributed by atoms with Crippen molar-refractivity contribution in [1.29, 1.82) is 0 Å². The Morgan fingerprint density at radius 1 is 1.47 bits per heavy atom. The molecule has 0 radical (unpaired) electrons. The van der Waals surface area contributed by atoms with Crippen LogP contribution in [0.5, 0.6) is 0 Å². The maximum Gasteiger partial charge on any atom is 0.222 e. The van der Waals surface area contributed by atoms with Gasteiger partial charge in [-0.1, -0.05) is 12.2 Å². The van der Waals surface area contributed by atoms with Crippen LogP contribution in [0, 0.1) is 11.8 Å². The number of hydrogen-bond acceptors (Lipinski definition) is 2. The summed E-state index contributed by atoms with van der Waals surface area (Å²) in [6, 6.07) is 0. The predicted octanol–water partition coefficient (Wildman–Crippen LogP) is 1.80. The molecule has 1 amide bonds. The summed E-state index contributed by atoms with van der Waals surface area (Å²) in [4.78, 5) is 14.0. The number of rotatable bonds is 4. The largest absolute Gasteiger partial charge is 0.345 e. The Balaban J connectivity index is 1.72. The second-order valence-corrected chi connectivity index (χ2v) is 5.46. The summed E-state index contributed by atoms with van der Waals surface area (Å²) in [5, 5.41) is 3.40. The second-order valence-electron chi connectivity index (χ2n) is 5.46. The van der Waals surface area contributed by atoms with E-state index in [0.29, 0.717) is 24.2 Å². The summed E-state index contributed by atoms with van der Waals surface area (Å²) in [7, 11) is 1.95. The van der Waals surface area contributed by atoms with Gasteiger partial charge in [0.25, 0.3) is 0 Å². The number of amides is 1. The highest BCUT2D eigenvalue weighted by Crippen LogP contribution is 2.21. The van der Waals surface area contributed by atoms with Crippen LogP contribution in [0.25, 0.3) is 0 Å². The van der Waals surface area contributed by atoms with Gasteiger partial charge >= 0.3 is 0 Å². The van der Waals surface area contributed by atoms with Crippen LogP contribution in [-0.4, -0.2) is 37.5 Å². The summed E-state index contributed by atoms with van der Waals surface area (Å²) in [5.74, 6) is 1.46. The quantitative estimate of drug-likeness (QED) is 0.755. The lowest BCUT2D eigenvalue weighted by molar-refractivity contribution is -0.131. The van der Waals surface area contributed by atoms with Gasteiger partial charge in [0.2, 0.25) is 5.91 Å². The van der Waals surface area contributed by atoms with Crippen LogP contribution in [0.15, 0.2) is 12.2 Å². The standard InChI is InChI=1S/C14H24N2O/c1-16(11-13-7-4-8-15-10-13)14(17)9-12-5-2-3-6-12/h2,5,12-13,15H,3-4,6-11H2,1H3. The smallest absolute Gasteiger partial charge is 0.222 e. The molecule has 2 unspecified atom stereocenters. The molecule has 17 heavy (non-hydrogen) atoms. The average Bonchev–Trinajstić information content (AvgIpc) is 2.83. The van der Waals surface area contributed by atoms with E-state index < -0.39 is 0 Å². The minimum Gasteiger partial charge on any atom is -0.345 e. The number of carbonyl (C=O) groups is 1. The zero-order valence-corrected chi connectivity index (χ0v) is 10.8. The monoisotopic (exact) mass is 236 g/mol. The molecular weight excluding hydrogens is 212 g/mol.